The Morgan fingerprint density at radius 3 is 2.50 bits per heavy atom. The largest absolute Gasteiger partial charge is 0.465 e. The third kappa shape index (κ3) is 4.51. The fourth-order valence-corrected chi connectivity index (χ4v) is 3.59. The first-order valence-corrected chi connectivity index (χ1v) is 9.76. The van der Waals surface area contributed by atoms with Crippen LogP contribution in [0.15, 0.2) is 33.8 Å². The molecule has 0 aliphatic heterocycles. The van der Waals surface area contributed by atoms with E-state index in [0.29, 0.717) is 35.4 Å². The Bertz CT molecular complexity index is 1040. The predicted molar refractivity (Wildman–Crippen MR) is 118 cm³/mol. The van der Waals surface area contributed by atoms with Crippen LogP contribution in [0.4, 0.5) is 5.69 Å². The van der Waals surface area contributed by atoms with Crippen LogP contribution in [0.5, 0.6) is 0 Å². The molecular weight excluding hydrogens is 404 g/mol. The lowest BCUT2D eigenvalue weighted by Crippen LogP contribution is -2.31. The van der Waals surface area contributed by atoms with Crippen LogP contribution in [-0.2, 0) is 11.2 Å². The van der Waals surface area contributed by atoms with E-state index in [9.17, 15) is 9.59 Å². The van der Waals surface area contributed by atoms with Crippen molar-refractivity contribution in [2.75, 3.05) is 12.4 Å². The number of thiocarbonyl (C=S) groups is 1. The van der Waals surface area contributed by atoms with E-state index in [1.165, 1.54) is 7.11 Å². The van der Waals surface area contributed by atoms with Gasteiger partial charge in [0.15, 0.2) is 10.9 Å². The number of ether oxygens (including phenoxy) is 1. The van der Waals surface area contributed by atoms with Gasteiger partial charge in [0.25, 0.3) is 5.91 Å². The van der Waals surface area contributed by atoms with E-state index in [4.69, 9.17) is 22.4 Å². The van der Waals surface area contributed by atoms with Gasteiger partial charge in [-0.3, -0.25) is 10.2 Å². The molecule has 0 spiro atoms. The number of hydrogen-bond donors (Lipinski definition) is 3. The molecule has 3 rings (SSSR count). The molecule has 30 heavy (non-hydrogen) atoms. The van der Waals surface area contributed by atoms with Gasteiger partial charge in [-0.15, -0.1) is 0 Å². The number of anilines is 1. The fourth-order valence-electron chi connectivity index (χ4n) is 3.54. The second-order valence-electron chi connectivity index (χ2n) is 7.93. The number of carbonyl (C=O) groups excluding carboxylic acids is 2. The number of benzene rings is 1. The number of rotatable bonds is 4. The molecule has 1 aliphatic carbocycles. The van der Waals surface area contributed by atoms with Crippen LogP contribution in [0.2, 0.25) is 0 Å². The second-order valence-corrected chi connectivity index (χ2v) is 8.37. The summed E-state index contributed by atoms with van der Waals surface area (Å²) in [6.45, 7) is 6.03. The van der Waals surface area contributed by atoms with Crippen molar-refractivity contribution in [3.63, 3.8) is 0 Å². The van der Waals surface area contributed by atoms with E-state index in [1.54, 1.807) is 24.3 Å². The van der Waals surface area contributed by atoms with E-state index < -0.39 is 5.97 Å². The van der Waals surface area contributed by atoms with Gasteiger partial charge < -0.3 is 20.2 Å². The van der Waals surface area contributed by atoms with Crippen LogP contribution in [-0.4, -0.2) is 29.8 Å². The van der Waals surface area contributed by atoms with Gasteiger partial charge in [-0.05, 0) is 55.2 Å². The van der Waals surface area contributed by atoms with E-state index in [0.717, 1.165) is 11.3 Å². The van der Waals surface area contributed by atoms with Gasteiger partial charge in [-0.2, -0.15) is 5.10 Å². The van der Waals surface area contributed by atoms with Crippen LogP contribution in [0.25, 0.3) is 0 Å². The highest BCUT2D eigenvalue weighted by molar-refractivity contribution is 7.80. The molecule has 8 nitrogen and oxygen atoms in total. The van der Waals surface area contributed by atoms with Gasteiger partial charge in [0.1, 0.15) is 5.76 Å². The zero-order chi connectivity index (χ0) is 22.1. The van der Waals surface area contributed by atoms with Crippen LogP contribution in [0, 0.1) is 12.3 Å². The monoisotopic (exact) mass is 428 g/mol. The van der Waals surface area contributed by atoms with Crippen molar-refractivity contribution < 1.29 is 18.7 Å². The van der Waals surface area contributed by atoms with Gasteiger partial charge in [0.2, 0.25) is 0 Å². The lowest BCUT2D eigenvalue weighted by atomic mass is 9.75. The summed E-state index contributed by atoms with van der Waals surface area (Å²) >= 11 is 4.85. The third-order valence-corrected chi connectivity index (χ3v) is 4.96. The van der Waals surface area contributed by atoms with Gasteiger partial charge in [0, 0.05) is 23.2 Å². The van der Waals surface area contributed by atoms with E-state index in [2.05, 4.69) is 34.4 Å². The lowest BCUT2D eigenvalue weighted by Gasteiger charge is -2.29. The zero-order valence-corrected chi connectivity index (χ0v) is 18.1. The Kier molecular flexibility index (Phi) is 5.93. The lowest BCUT2D eigenvalue weighted by molar-refractivity contribution is 0.0600. The summed E-state index contributed by atoms with van der Waals surface area (Å²) in [6.07, 6.45) is 1.36. The number of hydrogen-bond acceptors (Lipinski definition) is 6. The summed E-state index contributed by atoms with van der Waals surface area (Å²) in [7, 11) is 1.31. The number of methoxy groups -OCH3 is 1. The molecule has 1 heterocycles. The topological polar surface area (TPSA) is 119 Å². The molecule has 0 saturated carbocycles. The van der Waals surface area contributed by atoms with E-state index >= 15 is 0 Å². The Hall–Kier alpha value is -3.20. The normalized spacial score (nSPS) is 15.9. The number of nitrogens with two attached hydrogens (primary N) is 1. The maximum atomic E-state index is 12.9. The number of nitrogens with one attached hydrogen (secondary N) is 2. The Labute approximate surface area is 179 Å². The minimum Gasteiger partial charge on any atom is -0.465 e. The van der Waals surface area contributed by atoms with Crippen molar-refractivity contribution in [3.8, 4) is 0 Å². The first kappa shape index (κ1) is 21.5. The van der Waals surface area contributed by atoms with E-state index in [-0.39, 0.29) is 22.2 Å². The number of carbonyl (C=O) groups is 2. The first-order valence-electron chi connectivity index (χ1n) is 9.35. The number of fused-ring (bicyclic) bond motifs is 1. The van der Waals surface area contributed by atoms with Crippen molar-refractivity contribution in [1.29, 1.82) is 0 Å². The Morgan fingerprint density at radius 1 is 1.23 bits per heavy atom. The number of esters is 1. The van der Waals surface area contributed by atoms with Gasteiger partial charge in [-0.25, -0.2) is 4.79 Å². The summed E-state index contributed by atoms with van der Waals surface area (Å²) in [5.74, 6) is 0.103. The molecule has 0 fully saturated rings. The van der Waals surface area contributed by atoms with Crippen molar-refractivity contribution in [1.82, 2.24) is 5.43 Å². The molecule has 0 saturated heterocycles. The Morgan fingerprint density at radius 2 is 1.90 bits per heavy atom. The highest BCUT2D eigenvalue weighted by Gasteiger charge is 2.36. The van der Waals surface area contributed by atoms with Crippen molar-refractivity contribution >= 4 is 40.6 Å². The smallest absolute Gasteiger partial charge is 0.337 e. The predicted octanol–water partition coefficient (Wildman–Crippen LogP) is 3.14. The van der Waals surface area contributed by atoms with Crippen molar-refractivity contribution in [2.45, 2.75) is 33.6 Å². The maximum absolute atomic E-state index is 12.9. The van der Waals surface area contributed by atoms with Gasteiger partial charge in [-0.1, -0.05) is 13.8 Å². The SMILES string of the molecule is COC(=O)c1ccc(NC(=O)c2oc3c(c2C)/C(=N\NC(N)=S)CC(C)(C)C3)cc1. The van der Waals surface area contributed by atoms with Gasteiger partial charge >= 0.3 is 5.97 Å². The molecule has 9 heteroatoms. The van der Waals surface area contributed by atoms with Crippen LogP contribution >= 0.6 is 12.2 Å². The van der Waals surface area contributed by atoms with Gasteiger partial charge in [0.05, 0.1) is 18.4 Å². The number of furan rings is 1. The highest BCUT2D eigenvalue weighted by Crippen LogP contribution is 2.39. The molecule has 4 N–H and O–H groups in total. The van der Waals surface area contributed by atoms with Crippen LogP contribution in [0.1, 0.15) is 58.1 Å². The fraction of sp³-hybridized carbons (Fsp3) is 0.333. The summed E-state index contributed by atoms with van der Waals surface area (Å²) < 4.78 is 10.6. The quantitative estimate of drug-likeness (QED) is 0.389. The average molecular weight is 429 g/mol. The molecule has 1 amide bonds. The molecule has 0 radical (unpaired) electrons. The minimum absolute atomic E-state index is 0.0712. The van der Waals surface area contributed by atoms with Crippen LogP contribution in [0.3, 0.4) is 0 Å². The van der Waals surface area contributed by atoms with Crippen molar-refractivity contribution in [2.24, 2.45) is 16.3 Å². The molecule has 1 aromatic heterocycles. The molecule has 0 atom stereocenters. The molecule has 158 valence electrons. The van der Waals surface area contributed by atoms with Crippen molar-refractivity contribution in [3.05, 3.63) is 52.5 Å². The second kappa shape index (κ2) is 8.27. The minimum atomic E-state index is -0.442. The molecular formula is C21H24N4O4S. The number of amides is 1. The zero-order valence-electron chi connectivity index (χ0n) is 17.3. The standard InChI is InChI=1S/C21H24N4O4S/c1-11-16-14(24-25-20(22)30)9-21(2,3)10-15(16)29-17(11)18(26)23-13-7-5-12(6-8-13)19(27)28-4/h5-8H,9-10H2,1-4H3,(H,23,26)(H3,22,25,30)/b24-14-. The summed E-state index contributed by atoms with van der Waals surface area (Å²) in [5.41, 5.74) is 11.2. The Balaban J connectivity index is 1.89. The third-order valence-electron chi connectivity index (χ3n) is 4.86. The number of hydrazone groups is 1. The average Bonchev–Trinajstić information content (AvgIpc) is 3.01. The molecule has 2 aromatic rings. The van der Waals surface area contributed by atoms with Crippen LogP contribution < -0.4 is 16.5 Å². The first-order chi connectivity index (χ1) is 14.1. The summed E-state index contributed by atoms with van der Waals surface area (Å²) in [5, 5.41) is 7.20. The van der Waals surface area contributed by atoms with E-state index in [1.807, 2.05) is 6.92 Å². The molecule has 1 aliphatic rings. The summed E-state index contributed by atoms with van der Waals surface area (Å²) in [4.78, 5) is 24.4. The number of nitrogens with zero attached hydrogens (tertiary/aromatic N) is 1. The maximum Gasteiger partial charge on any atom is 0.337 e. The molecule has 1 aromatic carbocycles. The molecule has 0 unspecified atom stereocenters. The molecule has 0 bridgehead atoms. The highest BCUT2D eigenvalue weighted by atomic mass is 32.1. The summed E-state index contributed by atoms with van der Waals surface area (Å²) in [6, 6.07) is 6.42.